The number of benzene rings is 3. The lowest BCUT2D eigenvalue weighted by Gasteiger charge is -2.30. The van der Waals surface area contributed by atoms with Gasteiger partial charge in [-0.2, -0.15) is 0 Å². The molecule has 0 aromatic heterocycles. The summed E-state index contributed by atoms with van der Waals surface area (Å²) in [7, 11) is 0. The van der Waals surface area contributed by atoms with Crippen molar-refractivity contribution < 1.29 is 18.7 Å². The van der Waals surface area contributed by atoms with Gasteiger partial charge in [-0.25, -0.2) is 4.39 Å². The molecule has 0 atom stereocenters. The van der Waals surface area contributed by atoms with Crippen molar-refractivity contribution in [3.63, 3.8) is 0 Å². The molecule has 3 aromatic rings. The van der Waals surface area contributed by atoms with Gasteiger partial charge in [0.05, 0.1) is 6.54 Å². The highest BCUT2D eigenvalue weighted by molar-refractivity contribution is 5.92. The summed E-state index contributed by atoms with van der Waals surface area (Å²) in [6, 6.07) is 21.2. The van der Waals surface area contributed by atoms with Crippen molar-refractivity contribution in [2.45, 2.75) is 26.3 Å². The number of ether oxygens (including phenoxy) is 1. The van der Waals surface area contributed by atoms with Crippen molar-refractivity contribution in [1.29, 1.82) is 0 Å². The number of hydrogen-bond acceptors (Lipinski definition) is 4. The van der Waals surface area contributed by atoms with Crippen LogP contribution in [0.3, 0.4) is 0 Å². The molecule has 35 heavy (non-hydrogen) atoms. The molecule has 1 aliphatic heterocycles. The molecular weight excluding hydrogens is 445 g/mol. The van der Waals surface area contributed by atoms with E-state index in [-0.39, 0.29) is 30.1 Å². The monoisotopic (exact) mass is 475 g/mol. The second kappa shape index (κ2) is 11.6. The first-order valence-electron chi connectivity index (χ1n) is 11.8. The third-order valence-corrected chi connectivity index (χ3v) is 6.07. The quantitative estimate of drug-likeness (QED) is 0.487. The molecule has 4 rings (SSSR count). The molecule has 1 saturated heterocycles. The predicted octanol–water partition coefficient (Wildman–Crippen LogP) is 4.89. The molecule has 1 fully saturated rings. The van der Waals surface area contributed by atoms with E-state index in [9.17, 15) is 14.0 Å². The van der Waals surface area contributed by atoms with Gasteiger partial charge in [0, 0.05) is 18.2 Å². The van der Waals surface area contributed by atoms with Crippen LogP contribution in [0.15, 0.2) is 72.8 Å². The SMILES string of the molecule is Cc1cccc(Oc2ccc(NC(=O)CN3CCC(C(=O)NCc4ccc(F)cc4)CC3)cc2)c1. The van der Waals surface area contributed by atoms with Crippen molar-refractivity contribution in [3.8, 4) is 11.5 Å². The largest absolute Gasteiger partial charge is 0.457 e. The maximum absolute atomic E-state index is 13.0. The zero-order valence-corrected chi connectivity index (χ0v) is 19.8. The fourth-order valence-electron chi connectivity index (χ4n) is 4.11. The molecule has 3 aromatic carbocycles. The highest BCUT2D eigenvalue weighted by atomic mass is 19.1. The minimum Gasteiger partial charge on any atom is -0.457 e. The molecule has 7 heteroatoms. The number of likely N-dealkylation sites (tertiary alicyclic amines) is 1. The van der Waals surface area contributed by atoms with Crippen molar-refractivity contribution in [1.82, 2.24) is 10.2 Å². The molecule has 0 bridgehead atoms. The number of hydrogen-bond donors (Lipinski definition) is 2. The maximum atomic E-state index is 13.0. The molecule has 1 heterocycles. The van der Waals surface area contributed by atoms with E-state index in [1.54, 1.807) is 12.1 Å². The van der Waals surface area contributed by atoms with E-state index >= 15 is 0 Å². The molecule has 1 aliphatic rings. The van der Waals surface area contributed by atoms with E-state index in [1.807, 2.05) is 55.5 Å². The van der Waals surface area contributed by atoms with Gasteiger partial charge in [-0.3, -0.25) is 14.5 Å². The minimum absolute atomic E-state index is 0.00592. The number of piperidine rings is 1. The van der Waals surface area contributed by atoms with Crippen LogP contribution in [0.4, 0.5) is 10.1 Å². The van der Waals surface area contributed by atoms with Gasteiger partial charge in [-0.1, -0.05) is 24.3 Å². The summed E-state index contributed by atoms with van der Waals surface area (Å²) in [5.74, 6) is 1.03. The molecule has 0 aliphatic carbocycles. The van der Waals surface area contributed by atoms with E-state index in [4.69, 9.17) is 4.74 Å². The molecule has 6 nitrogen and oxygen atoms in total. The first-order valence-corrected chi connectivity index (χ1v) is 11.8. The molecule has 2 N–H and O–H groups in total. The standard InChI is InChI=1S/C28H30FN3O3/c1-20-3-2-4-26(17-20)35-25-11-9-24(10-12-25)31-27(33)19-32-15-13-22(14-16-32)28(34)30-18-21-5-7-23(29)8-6-21/h2-12,17,22H,13-16,18-19H2,1H3,(H,30,34)(H,31,33). The van der Waals surface area contributed by atoms with Crippen LogP contribution in [0.5, 0.6) is 11.5 Å². The summed E-state index contributed by atoms with van der Waals surface area (Å²) < 4.78 is 18.8. The number of amides is 2. The van der Waals surface area contributed by atoms with Gasteiger partial charge in [-0.05, 0) is 92.5 Å². The first-order chi connectivity index (χ1) is 16.9. The number of carbonyl (C=O) groups is 2. The number of nitrogens with one attached hydrogen (secondary N) is 2. The van der Waals surface area contributed by atoms with Gasteiger partial charge >= 0.3 is 0 Å². The average molecular weight is 476 g/mol. The van der Waals surface area contributed by atoms with Crippen LogP contribution in [-0.2, 0) is 16.1 Å². The summed E-state index contributed by atoms with van der Waals surface area (Å²) in [5.41, 5.74) is 2.70. The van der Waals surface area contributed by atoms with Gasteiger partial charge in [0.25, 0.3) is 0 Å². The zero-order chi connectivity index (χ0) is 24.6. The van der Waals surface area contributed by atoms with E-state index < -0.39 is 0 Å². The van der Waals surface area contributed by atoms with Crippen LogP contribution in [0.2, 0.25) is 0 Å². The van der Waals surface area contributed by atoms with Crippen molar-refractivity contribution >= 4 is 17.5 Å². The third kappa shape index (κ3) is 7.39. The Labute approximate surface area is 205 Å². The van der Waals surface area contributed by atoms with Crippen LogP contribution in [0, 0.1) is 18.7 Å². The normalized spacial score (nSPS) is 14.3. The lowest BCUT2D eigenvalue weighted by atomic mass is 9.96. The van der Waals surface area contributed by atoms with E-state index in [1.165, 1.54) is 12.1 Å². The lowest BCUT2D eigenvalue weighted by Crippen LogP contribution is -2.43. The average Bonchev–Trinajstić information content (AvgIpc) is 2.85. The van der Waals surface area contributed by atoms with Gasteiger partial charge < -0.3 is 15.4 Å². The fourth-order valence-corrected chi connectivity index (χ4v) is 4.11. The summed E-state index contributed by atoms with van der Waals surface area (Å²) in [5, 5.41) is 5.85. The number of anilines is 1. The third-order valence-electron chi connectivity index (χ3n) is 6.07. The molecule has 182 valence electrons. The Kier molecular flexibility index (Phi) is 8.11. The number of nitrogens with zero attached hydrogens (tertiary/aromatic N) is 1. The number of halogens is 1. The Morgan fingerprint density at radius 1 is 0.971 bits per heavy atom. The molecular formula is C28H30FN3O3. The second-order valence-corrected chi connectivity index (χ2v) is 8.89. The maximum Gasteiger partial charge on any atom is 0.238 e. The smallest absolute Gasteiger partial charge is 0.238 e. The molecule has 2 amide bonds. The predicted molar refractivity (Wildman–Crippen MR) is 134 cm³/mol. The first kappa shape index (κ1) is 24.4. The topological polar surface area (TPSA) is 70.7 Å². The summed E-state index contributed by atoms with van der Waals surface area (Å²) in [4.78, 5) is 27.0. The molecule has 0 unspecified atom stereocenters. The number of aryl methyl sites for hydroxylation is 1. The molecule has 0 saturated carbocycles. The van der Waals surface area contributed by atoms with Gasteiger partial charge in [0.1, 0.15) is 17.3 Å². The Morgan fingerprint density at radius 2 is 1.69 bits per heavy atom. The number of carbonyl (C=O) groups excluding carboxylic acids is 2. The van der Waals surface area contributed by atoms with Gasteiger partial charge in [0.2, 0.25) is 11.8 Å². The van der Waals surface area contributed by atoms with Crippen LogP contribution < -0.4 is 15.4 Å². The highest BCUT2D eigenvalue weighted by Crippen LogP contribution is 2.24. The Morgan fingerprint density at radius 3 is 2.37 bits per heavy atom. The Hall–Kier alpha value is -3.71. The van der Waals surface area contributed by atoms with E-state index in [2.05, 4.69) is 15.5 Å². The summed E-state index contributed by atoms with van der Waals surface area (Å²) in [6.45, 7) is 4.05. The van der Waals surface area contributed by atoms with E-state index in [0.29, 0.717) is 43.9 Å². The van der Waals surface area contributed by atoms with Crippen LogP contribution >= 0.6 is 0 Å². The number of rotatable bonds is 8. The highest BCUT2D eigenvalue weighted by Gasteiger charge is 2.25. The molecule has 0 radical (unpaired) electrons. The van der Waals surface area contributed by atoms with Crippen molar-refractivity contribution in [3.05, 3.63) is 89.7 Å². The van der Waals surface area contributed by atoms with Gasteiger partial charge in [0.15, 0.2) is 0 Å². The fraction of sp³-hybridized carbons (Fsp3) is 0.286. The van der Waals surface area contributed by atoms with Crippen LogP contribution in [0.25, 0.3) is 0 Å². The summed E-state index contributed by atoms with van der Waals surface area (Å²) >= 11 is 0. The Balaban J connectivity index is 1.17. The summed E-state index contributed by atoms with van der Waals surface area (Å²) in [6.07, 6.45) is 1.40. The van der Waals surface area contributed by atoms with Crippen molar-refractivity contribution in [2.24, 2.45) is 5.92 Å². The van der Waals surface area contributed by atoms with Crippen molar-refractivity contribution in [2.75, 3.05) is 25.0 Å². The minimum atomic E-state index is -0.291. The van der Waals surface area contributed by atoms with Gasteiger partial charge in [-0.15, -0.1) is 0 Å². The van der Waals surface area contributed by atoms with E-state index in [0.717, 1.165) is 16.9 Å². The second-order valence-electron chi connectivity index (χ2n) is 8.89. The van der Waals surface area contributed by atoms with Crippen LogP contribution in [0.1, 0.15) is 24.0 Å². The Bertz CT molecular complexity index is 1140. The zero-order valence-electron chi connectivity index (χ0n) is 19.8. The molecule has 0 spiro atoms. The lowest BCUT2D eigenvalue weighted by molar-refractivity contribution is -0.126. The van der Waals surface area contributed by atoms with Crippen LogP contribution in [-0.4, -0.2) is 36.3 Å².